The Morgan fingerprint density at radius 2 is 1.90 bits per heavy atom. The predicted molar refractivity (Wildman–Crippen MR) is 131 cm³/mol. The van der Waals surface area contributed by atoms with Gasteiger partial charge in [-0.1, -0.05) is 29.3 Å². The molecule has 0 bridgehead atoms. The smallest absolute Gasteiger partial charge is 0.170 e. The molecule has 0 radical (unpaired) electrons. The molecular weight excluding hydrogens is 507 g/mol. The highest BCUT2D eigenvalue weighted by atomic mass is 79.9. The van der Waals surface area contributed by atoms with E-state index in [1.165, 1.54) is 0 Å². The number of anilines is 1. The van der Waals surface area contributed by atoms with Crippen LogP contribution in [0, 0.1) is 20.8 Å². The summed E-state index contributed by atoms with van der Waals surface area (Å²) in [5.74, 6) is 0. The summed E-state index contributed by atoms with van der Waals surface area (Å²) in [6.07, 6.45) is 2.89. The lowest BCUT2D eigenvalue weighted by Gasteiger charge is -2.11. The first-order valence-electron chi connectivity index (χ1n) is 9.47. The minimum Gasteiger partial charge on any atom is -0.362 e. The Morgan fingerprint density at radius 3 is 2.57 bits per heavy atom. The van der Waals surface area contributed by atoms with Crippen LogP contribution in [0.4, 0.5) is 5.69 Å². The van der Waals surface area contributed by atoms with Crippen molar-refractivity contribution in [1.29, 1.82) is 0 Å². The molecule has 0 fully saturated rings. The quantitative estimate of drug-likeness (QED) is 0.312. The van der Waals surface area contributed by atoms with E-state index < -0.39 is 0 Å². The summed E-state index contributed by atoms with van der Waals surface area (Å²) in [5, 5.41) is 17.2. The molecule has 6 nitrogen and oxygen atoms in total. The Hall–Kier alpha value is -1.61. The minimum absolute atomic E-state index is 0.539. The number of hydrogen-bond acceptors (Lipinski definition) is 3. The lowest BCUT2D eigenvalue weighted by Crippen LogP contribution is -2.30. The maximum Gasteiger partial charge on any atom is 0.170 e. The molecule has 0 atom stereocenters. The summed E-state index contributed by atoms with van der Waals surface area (Å²) in [6.45, 7) is 8.12. The number of benzene rings is 1. The van der Waals surface area contributed by atoms with Crippen LogP contribution in [0.1, 0.15) is 29.1 Å². The van der Waals surface area contributed by atoms with Crippen molar-refractivity contribution in [3.63, 3.8) is 0 Å². The van der Waals surface area contributed by atoms with Crippen molar-refractivity contribution >= 4 is 62.1 Å². The Balaban J connectivity index is 1.54. The predicted octanol–water partition coefficient (Wildman–Crippen LogP) is 5.50. The number of thiocarbonyl (C=S) groups is 1. The molecule has 0 unspecified atom stereocenters. The molecule has 2 N–H and O–H groups in total. The van der Waals surface area contributed by atoms with E-state index >= 15 is 0 Å². The average molecular weight is 530 g/mol. The molecule has 3 aromatic rings. The molecule has 30 heavy (non-hydrogen) atoms. The Labute approximate surface area is 200 Å². The van der Waals surface area contributed by atoms with Crippen molar-refractivity contribution in [1.82, 2.24) is 24.9 Å². The van der Waals surface area contributed by atoms with Crippen LogP contribution in [0.25, 0.3) is 0 Å². The molecule has 2 heterocycles. The van der Waals surface area contributed by atoms with Crippen LogP contribution in [0.15, 0.2) is 28.9 Å². The molecule has 0 aliphatic carbocycles. The number of rotatable bonds is 7. The molecule has 10 heteroatoms. The van der Waals surface area contributed by atoms with Crippen LogP contribution in [0.5, 0.6) is 0 Å². The second-order valence-corrected chi connectivity index (χ2v) is 9.09. The maximum absolute atomic E-state index is 6.13. The molecule has 0 amide bonds. The van der Waals surface area contributed by atoms with Crippen molar-refractivity contribution in [2.75, 3.05) is 11.9 Å². The molecule has 2 aromatic heterocycles. The van der Waals surface area contributed by atoms with Crippen LogP contribution in [-0.2, 0) is 13.1 Å². The van der Waals surface area contributed by atoms with E-state index in [2.05, 4.69) is 36.8 Å². The molecule has 0 saturated heterocycles. The minimum atomic E-state index is 0.539. The number of aryl methyl sites for hydroxylation is 3. The fourth-order valence-corrected chi connectivity index (χ4v) is 3.89. The number of aromatic nitrogens is 4. The largest absolute Gasteiger partial charge is 0.362 e. The van der Waals surface area contributed by atoms with Gasteiger partial charge < -0.3 is 10.6 Å². The lowest BCUT2D eigenvalue weighted by atomic mass is 10.2. The van der Waals surface area contributed by atoms with Gasteiger partial charge in [-0.2, -0.15) is 10.2 Å². The standard InChI is InChI=1S/C20H23BrCl2N6S/c1-12-16(21)11-28(26-12)8-4-7-24-20(30)25-19-13(2)27-29(14(19)3)10-15-5-6-17(22)18(23)9-15/h5-6,9,11H,4,7-8,10H2,1-3H3,(H2,24,25,30). The number of halogens is 3. The van der Waals surface area contributed by atoms with E-state index in [0.717, 1.165) is 52.3 Å². The first kappa shape index (κ1) is 23.1. The third-order valence-electron chi connectivity index (χ3n) is 4.67. The highest BCUT2D eigenvalue weighted by Crippen LogP contribution is 2.25. The van der Waals surface area contributed by atoms with Crippen LogP contribution in [-0.4, -0.2) is 31.2 Å². The first-order valence-corrected chi connectivity index (χ1v) is 11.4. The Morgan fingerprint density at radius 1 is 1.13 bits per heavy atom. The van der Waals surface area contributed by atoms with Gasteiger partial charge in [0.1, 0.15) is 0 Å². The van der Waals surface area contributed by atoms with Gasteiger partial charge in [0, 0.05) is 19.3 Å². The molecule has 0 aliphatic rings. The Kier molecular flexibility index (Phi) is 7.79. The molecular formula is C20H23BrCl2N6S. The first-order chi connectivity index (χ1) is 14.2. The van der Waals surface area contributed by atoms with Gasteiger partial charge in [-0.3, -0.25) is 9.36 Å². The highest BCUT2D eigenvalue weighted by Gasteiger charge is 2.13. The van der Waals surface area contributed by atoms with Crippen LogP contribution in [0.3, 0.4) is 0 Å². The normalized spacial score (nSPS) is 11.0. The van der Waals surface area contributed by atoms with E-state index in [1.54, 1.807) is 6.07 Å². The van der Waals surface area contributed by atoms with E-state index in [9.17, 15) is 0 Å². The van der Waals surface area contributed by atoms with Crippen molar-refractivity contribution in [2.45, 2.75) is 40.3 Å². The lowest BCUT2D eigenvalue weighted by molar-refractivity contribution is 0.570. The van der Waals surface area contributed by atoms with Crippen molar-refractivity contribution in [2.24, 2.45) is 0 Å². The van der Waals surface area contributed by atoms with Gasteiger partial charge >= 0.3 is 0 Å². The molecule has 1 aromatic carbocycles. The summed E-state index contributed by atoms with van der Waals surface area (Å²) >= 11 is 21.1. The topological polar surface area (TPSA) is 59.7 Å². The summed E-state index contributed by atoms with van der Waals surface area (Å²) in [5.41, 5.74) is 4.82. The highest BCUT2D eigenvalue weighted by molar-refractivity contribution is 9.10. The number of hydrogen-bond donors (Lipinski definition) is 2. The van der Waals surface area contributed by atoms with E-state index in [4.69, 9.17) is 35.4 Å². The van der Waals surface area contributed by atoms with Crippen LogP contribution >= 0.6 is 51.3 Å². The van der Waals surface area contributed by atoms with Gasteiger partial charge in [0.05, 0.1) is 43.8 Å². The van der Waals surface area contributed by atoms with Crippen molar-refractivity contribution < 1.29 is 0 Å². The third-order valence-corrected chi connectivity index (χ3v) is 6.44. The zero-order valence-corrected chi connectivity index (χ0v) is 20.9. The Bertz CT molecular complexity index is 1040. The van der Waals surface area contributed by atoms with Gasteiger partial charge in [-0.15, -0.1) is 0 Å². The second-order valence-electron chi connectivity index (χ2n) is 7.01. The zero-order chi connectivity index (χ0) is 21.8. The number of nitrogens with one attached hydrogen (secondary N) is 2. The SMILES string of the molecule is Cc1nn(CCCNC(=S)Nc2c(C)nn(Cc3ccc(Cl)c(Cl)c3)c2C)cc1Br. The average Bonchev–Trinajstić information content (AvgIpc) is 3.14. The van der Waals surface area contributed by atoms with E-state index in [1.807, 2.05) is 48.5 Å². The fourth-order valence-electron chi connectivity index (χ4n) is 3.05. The molecule has 0 aliphatic heterocycles. The van der Waals surface area contributed by atoms with Gasteiger partial charge in [0.2, 0.25) is 0 Å². The maximum atomic E-state index is 6.13. The fraction of sp³-hybridized carbons (Fsp3) is 0.350. The van der Waals surface area contributed by atoms with Crippen LogP contribution < -0.4 is 10.6 Å². The second kappa shape index (κ2) is 10.1. The summed E-state index contributed by atoms with van der Waals surface area (Å²) < 4.78 is 4.88. The molecule has 0 saturated carbocycles. The van der Waals surface area contributed by atoms with Gasteiger partial charge in [-0.05, 0) is 73.0 Å². The van der Waals surface area contributed by atoms with Gasteiger partial charge in [-0.25, -0.2) is 0 Å². The molecule has 0 spiro atoms. The third kappa shape index (κ3) is 5.75. The van der Waals surface area contributed by atoms with Crippen molar-refractivity contribution in [3.8, 4) is 0 Å². The summed E-state index contributed by atoms with van der Waals surface area (Å²) in [7, 11) is 0. The molecule has 3 rings (SSSR count). The zero-order valence-electron chi connectivity index (χ0n) is 17.0. The monoisotopic (exact) mass is 528 g/mol. The van der Waals surface area contributed by atoms with E-state index in [-0.39, 0.29) is 0 Å². The summed E-state index contributed by atoms with van der Waals surface area (Å²) in [6, 6.07) is 5.61. The van der Waals surface area contributed by atoms with E-state index in [0.29, 0.717) is 21.7 Å². The summed E-state index contributed by atoms with van der Waals surface area (Å²) in [4.78, 5) is 0. The van der Waals surface area contributed by atoms with Crippen LogP contribution in [0.2, 0.25) is 10.0 Å². The van der Waals surface area contributed by atoms with Gasteiger partial charge in [0.25, 0.3) is 0 Å². The molecule has 160 valence electrons. The van der Waals surface area contributed by atoms with Gasteiger partial charge in [0.15, 0.2) is 5.11 Å². The van der Waals surface area contributed by atoms with Crippen molar-refractivity contribution in [3.05, 3.63) is 61.6 Å². The number of nitrogens with zero attached hydrogens (tertiary/aromatic N) is 4.